The molecule has 7 heteroatoms. The van der Waals surface area contributed by atoms with Gasteiger partial charge in [-0.15, -0.1) is 0 Å². The number of hydrogen-bond acceptors (Lipinski definition) is 6. The monoisotopic (exact) mass is 321 g/mol. The van der Waals surface area contributed by atoms with Crippen LogP contribution in [0, 0.1) is 0 Å². The summed E-state index contributed by atoms with van der Waals surface area (Å²) in [5.41, 5.74) is 0.890. The second kappa shape index (κ2) is 7.35. The third-order valence-electron chi connectivity index (χ3n) is 4.17. The van der Waals surface area contributed by atoms with Crippen molar-refractivity contribution < 1.29 is 19.7 Å². The summed E-state index contributed by atoms with van der Waals surface area (Å²) in [5, 5.41) is 26.1. The van der Waals surface area contributed by atoms with Crippen LogP contribution in [0.2, 0.25) is 0 Å². The Hall–Kier alpha value is -1.54. The van der Waals surface area contributed by atoms with Crippen LogP contribution in [0.1, 0.15) is 25.0 Å². The highest BCUT2D eigenvalue weighted by atomic mass is 16.5. The van der Waals surface area contributed by atoms with Crippen molar-refractivity contribution in [1.29, 1.82) is 0 Å². The quantitative estimate of drug-likeness (QED) is 0.531. The number of amides is 1. The Balaban J connectivity index is 1.43. The van der Waals surface area contributed by atoms with E-state index in [1.54, 1.807) is 6.20 Å². The van der Waals surface area contributed by atoms with E-state index in [1.165, 1.54) is 0 Å². The molecule has 0 unspecified atom stereocenters. The van der Waals surface area contributed by atoms with Gasteiger partial charge >= 0.3 is 0 Å². The number of aliphatic hydroxyl groups excluding tert-OH is 2. The second-order valence-electron chi connectivity index (χ2n) is 6.19. The van der Waals surface area contributed by atoms with Crippen LogP contribution in [0.3, 0.4) is 0 Å². The van der Waals surface area contributed by atoms with Crippen molar-refractivity contribution in [3.8, 4) is 0 Å². The maximum atomic E-state index is 11.8. The van der Waals surface area contributed by atoms with Crippen molar-refractivity contribution in [2.75, 3.05) is 6.54 Å². The first kappa shape index (κ1) is 16.3. The highest BCUT2D eigenvalue weighted by molar-refractivity contribution is 5.77. The van der Waals surface area contributed by atoms with E-state index in [0.29, 0.717) is 13.1 Å². The van der Waals surface area contributed by atoms with Crippen LogP contribution in [0.15, 0.2) is 24.4 Å². The molecule has 2 heterocycles. The Bertz CT molecular complexity index is 523. The van der Waals surface area contributed by atoms with Crippen LogP contribution in [0.25, 0.3) is 0 Å². The van der Waals surface area contributed by atoms with Gasteiger partial charge < -0.3 is 25.6 Å². The lowest BCUT2D eigenvalue weighted by Crippen LogP contribution is -2.38. The lowest BCUT2D eigenvalue weighted by molar-refractivity contribution is -0.125. The molecule has 3 rings (SSSR count). The molecule has 1 aliphatic carbocycles. The summed E-state index contributed by atoms with van der Waals surface area (Å²) in [5.74, 6) is -0.133. The van der Waals surface area contributed by atoms with Crippen molar-refractivity contribution in [3.05, 3.63) is 30.1 Å². The zero-order valence-electron chi connectivity index (χ0n) is 12.9. The third-order valence-corrected chi connectivity index (χ3v) is 4.17. The van der Waals surface area contributed by atoms with Gasteiger partial charge in [0.25, 0.3) is 0 Å². The van der Waals surface area contributed by atoms with Crippen molar-refractivity contribution >= 4 is 5.91 Å². The van der Waals surface area contributed by atoms with Crippen LogP contribution in [0.5, 0.6) is 0 Å². The number of ether oxygens (including phenoxy) is 1. The van der Waals surface area contributed by atoms with E-state index in [1.807, 2.05) is 18.2 Å². The maximum absolute atomic E-state index is 11.8. The average Bonchev–Trinajstić information content (AvgIpc) is 3.32. The minimum Gasteiger partial charge on any atom is -0.388 e. The highest BCUT2D eigenvalue weighted by Gasteiger charge is 2.43. The first-order valence-electron chi connectivity index (χ1n) is 8.05. The van der Waals surface area contributed by atoms with Crippen LogP contribution in [-0.2, 0) is 16.1 Å². The number of nitrogens with zero attached hydrogens (tertiary/aromatic N) is 1. The van der Waals surface area contributed by atoms with Crippen molar-refractivity contribution in [2.45, 2.75) is 56.3 Å². The number of rotatable bonds is 7. The van der Waals surface area contributed by atoms with Gasteiger partial charge in [-0.3, -0.25) is 9.78 Å². The van der Waals surface area contributed by atoms with E-state index in [9.17, 15) is 15.0 Å². The van der Waals surface area contributed by atoms with E-state index in [4.69, 9.17) is 4.74 Å². The zero-order chi connectivity index (χ0) is 16.2. The van der Waals surface area contributed by atoms with Gasteiger partial charge in [0.1, 0.15) is 12.2 Å². The van der Waals surface area contributed by atoms with Gasteiger partial charge in [-0.05, 0) is 25.0 Å². The predicted molar refractivity (Wildman–Crippen MR) is 82.4 cm³/mol. The molecule has 23 heavy (non-hydrogen) atoms. The molecule has 0 spiro atoms. The van der Waals surface area contributed by atoms with Crippen molar-refractivity contribution in [1.82, 2.24) is 15.6 Å². The number of pyridine rings is 1. The summed E-state index contributed by atoms with van der Waals surface area (Å²) in [6, 6.07) is 5.94. The summed E-state index contributed by atoms with van der Waals surface area (Å²) in [6.45, 7) is 0.936. The molecule has 0 aromatic carbocycles. The summed E-state index contributed by atoms with van der Waals surface area (Å²) < 4.78 is 5.65. The third kappa shape index (κ3) is 4.48. The van der Waals surface area contributed by atoms with Gasteiger partial charge in [0, 0.05) is 25.3 Å². The van der Waals surface area contributed by atoms with Crippen LogP contribution >= 0.6 is 0 Å². The molecule has 1 amide bonds. The predicted octanol–water partition coefficient (Wildman–Crippen LogP) is -0.671. The number of carbonyl (C=O) groups excluding carboxylic acids is 1. The lowest BCUT2D eigenvalue weighted by Gasteiger charge is -2.15. The van der Waals surface area contributed by atoms with Gasteiger partial charge in [0.05, 0.1) is 24.3 Å². The molecule has 2 fully saturated rings. The highest BCUT2D eigenvalue weighted by Crippen LogP contribution is 2.24. The number of carbonyl (C=O) groups is 1. The van der Waals surface area contributed by atoms with Gasteiger partial charge in [-0.1, -0.05) is 6.07 Å². The Morgan fingerprint density at radius 2 is 2.04 bits per heavy atom. The van der Waals surface area contributed by atoms with E-state index in [0.717, 1.165) is 18.5 Å². The minimum absolute atomic E-state index is 0.0749. The molecule has 1 saturated carbocycles. The molecule has 2 aliphatic rings. The molecule has 4 atom stereocenters. The lowest BCUT2D eigenvalue weighted by atomic mass is 10.1. The summed E-state index contributed by atoms with van der Waals surface area (Å²) in [4.78, 5) is 16.0. The fraction of sp³-hybridized carbons (Fsp3) is 0.625. The Morgan fingerprint density at radius 3 is 2.74 bits per heavy atom. The maximum Gasteiger partial charge on any atom is 0.222 e. The molecular weight excluding hydrogens is 298 g/mol. The number of nitrogens with one attached hydrogen (secondary N) is 2. The SMILES string of the molecule is O=C(C[C@@H]1O[C@@H](CNCc2ccccn2)[C@@H](O)[C@H]1O)NC1CC1. The minimum atomic E-state index is -1.04. The fourth-order valence-electron chi connectivity index (χ4n) is 2.71. The molecule has 0 bridgehead atoms. The van der Waals surface area contributed by atoms with Crippen LogP contribution < -0.4 is 10.6 Å². The van der Waals surface area contributed by atoms with Crippen molar-refractivity contribution in [2.24, 2.45) is 0 Å². The second-order valence-corrected chi connectivity index (χ2v) is 6.19. The fourth-order valence-corrected chi connectivity index (χ4v) is 2.71. The van der Waals surface area contributed by atoms with Gasteiger partial charge in [0.15, 0.2) is 0 Å². The van der Waals surface area contributed by atoms with Gasteiger partial charge in [-0.2, -0.15) is 0 Å². The summed E-state index contributed by atoms with van der Waals surface area (Å²) >= 11 is 0. The zero-order valence-corrected chi connectivity index (χ0v) is 12.9. The van der Waals surface area contributed by atoms with Gasteiger partial charge in [0.2, 0.25) is 5.91 Å². The molecule has 1 aromatic heterocycles. The molecule has 1 aromatic rings. The van der Waals surface area contributed by atoms with Crippen LogP contribution in [0.4, 0.5) is 0 Å². The molecule has 126 valence electrons. The first-order valence-corrected chi connectivity index (χ1v) is 8.05. The molecular formula is C16H23N3O4. The number of aromatic nitrogens is 1. The number of aliphatic hydroxyl groups is 2. The molecule has 1 saturated heterocycles. The van der Waals surface area contributed by atoms with E-state index in [-0.39, 0.29) is 18.4 Å². The smallest absolute Gasteiger partial charge is 0.222 e. The van der Waals surface area contributed by atoms with E-state index >= 15 is 0 Å². The Morgan fingerprint density at radius 1 is 1.26 bits per heavy atom. The normalized spacial score (nSPS) is 30.3. The topological polar surface area (TPSA) is 104 Å². The molecule has 0 radical (unpaired) electrons. The molecule has 7 nitrogen and oxygen atoms in total. The van der Waals surface area contributed by atoms with Gasteiger partial charge in [-0.25, -0.2) is 0 Å². The van der Waals surface area contributed by atoms with E-state index in [2.05, 4.69) is 15.6 Å². The average molecular weight is 321 g/mol. The summed E-state index contributed by atoms with van der Waals surface area (Å²) in [7, 11) is 0. The Kier molecular flexibility index (Phi) is 5.22. The van der Waals surface area contributed by atoms with E-state index < -0.39 is 24.4 Å². The number of hydrogen-bond donors (Lipinski definition) is 4. The first-order chi connectivity index (χ1) is 11.1. The van der Waals surface area contributed by atoms with Crippen LogP contribution in [-0.4, -0.2) is 58.1 Å². The summed E-state index contributed by atoms with van der Waals surface area (Å²) in [6.07, 6.45) is 0.594. The largest absolute Gasteiger partial charge is 0.388 e. The molecule has 1 aliphatic heterocycles. The Labute approximate surface area is 135 Å². The van der Waals surface area contributed by atoms with Crippen molar-refractivity contribution in [3.63, 3.8) is 0 Å². The molecule has 4 N–H and O–H groups in total. The standard InChI is InChI=1S/C16H23N3O4/c20-14(19-10-4-5-10)7-12-15(21)16(22)13(23-12)9-17-8-11-3-1-2-6-18-11/h1-3,6,10,12-13,15-17,21-22H,4-5,7-9H2,(H,19,20)/t12-,13-,15-,16+/m0/s1.